The molecule has 4 nitrogen and oxygen atoms in total. The van der Waals surface area contributed by atoms with Crippen LogP contribution >= 0.6 is 0 Å². The second kappa shape index (κ2) is 4.46. The van der Waals surface area contributed by atoms with E-state index in [-0.39, 0.29) is 6.10 Å². The lowest BCUT2D eigenvalue weighted by Crippen LogP contribution is -2.15. The number of carboxylic acid groups (broad SMARTS) is 1. The third kappa shape index (κ3) is 1.88. The van der Waals surface area contributed by atoms with E-state index < -0.39 is 5.97 Å². The van der Waals surface area contributed by atoms with Crippen molar-refractivity contribution in [2.24, 2.45) is 0 Å². The van der Waals surface area contributed by atoms with Crippen LogP contribution in [0, 0.1) is 0 Å². The molecule has 1 atom stereocenters. The van der Waals surface area contributed by atoms with Crippen molar-refractivity contribution in [3.05, 3.63) is 36.0 Å². The number of para-hydroxylation sites is 1. The number of rotatable bonds is 3. The molecule has 1 aliphatic heterocycles. The summed E-state index contributed by atoms with van der Waals surface area (Å²) in [5.41, 5.74) is 1.15. The number of hydrogen-bond acceptors (Lipinski definition) is 2. The van der Waals surface area contributed by atoms with E-state index in [0.29, 0.717) is 5.56 Å². The van der Waals surface area contributed by atoms with Crippen LogP contribution in [0.4, 0.5) is 0 Å². The van der Waals surface area contributed by atoms with E-state index in [1.807, 2.05) is 22.9 Å². The fourth-order valence-electron chi connectivity index (χ4n) is 2.59. The third-order valence-corrected chi connectivity index (χ3v) is 3.44. The molecule has 4 heteroatoms. The lowest BCUT2D eigenvalue weighted by Gasteiger charge is -2.12. The zero-order valence-corrected chi connectivity index (χ0v) is 10.0. The van der Waals surface area contributed by atoms with Crippen molar-refractivity contribution in [2.45, 2.75) is 25.5 Å². The molecule has 1 aromatic carbocycles. The smallest absolute Gasteiger partial charge is 0.337 e. The second-order valence-electron chi connectivity index (χ2n) is 4.65. The monoisotopic (exact) mass is 245 g/mol. The van der Waals surface area contributed by atoms with Gasteiger partial charge in [-0.25, -0.2) is 4.79 Å². The molecule has 0 spiro atoms. The molecule has 0 bridgehead atoms. The van der Waals surface area contributed by atoms with E-state index in [1.165, 1.54) is 0 Å². The van der Waals surface area contributed by atoms with Crippen LogP contribution in [0.3, 0.4) is 0 Å². The molecule has 0 amide bonds. The van der Waals surface area contributed by atoms with Gasteiger partial charge in [0.2, 0.25) is 0 Å². The summed E-state index contributed by atoms with van der Waals surface area (Å²) >= 11 is 0. The molecule has 1 aromatic heterocycles. The number of ether oxygens (including phenoxy) is 1. The number of benzene rings is 1. The average Bonchev–Trinajstić information content (AvgIpc) is 2.99. The molecule has 1 saturated heterocycles. The highest BCUT2D eigenvalue weighted by Crippen LogP contribution is 2.23. The predicted molar refractivity (Wildman–Crippen MR) is 67.9 cm³/mol. The molecule has 2 aromatic rings. The molecule has 1 unspecified atom stereocenters. The van der Waals surface area contributed by atoms with Crippen LogP contribution in [0.2, 0.25) is 0 Å². The summed E-state index contributed by atoms with van der Waals surface area (Å²) in [5.74, 6) is -0.882. The summed E-state index contributed by atoms with van der Waals surface area (Å²) in [6.07, 6.45) is 4.30. The van der Waals surface area contributed by atoms with E-state index in [2.05, 4.69) is 0 Å². The number of fused-ring (bicyclic) bond motifs is 1. The number of carboxylic acids is 1. The molecule has 18 heavy (non-hydrogen) atoms. The third-order valence-electron chi connectivity index (χ3n) is 3.44. The number of carbonyl (C=O) groups is 1. The Morgan fingerprint density at radius 1 is 1.44 bits per heavy atom. The average molecular weight is 245 g/mol. The molecule has 0 radical (unpaired) electrons. The maximum absolute atomic E-state index is 11.3. The van der Waals surface area contributed by atoms with Crippen molar-refractivity contribution in [3.63, 3.8) is 0 Å². The molecule has 0 saturated carbocycles. The summed E-state index contributed by atoms with van der Waals surface area (Å²) in [4.78, 5) is 11.3. The topological polar surface area (TPSA) is 51.5 Å². The Morgan fingerprint density at radius 3 is 3.06 bits per heavy atom. The van der Waals surface area contributed by atoms with Gasteiger partial charge in [-0.3, -0.25) is 0 Å². The molecule has 1 fully saturated rings. The first-order valence-corrected chi connectivity index (χ1v) is 6.18. The second-order valence-corrected chi connectivity index (χ2v) is 4.65. The van der Waals surface area contributed by atoms with E-state index in [4.69, 9.17) is 4.74 Å². The van der Waals surface area contributed by atoms with Crippen LogP contribution in [0.1, 0.15) is 23.2 Å². The van der Waals surface area contributed by atoms with Gasteiger partial charge in [0, 0.05) is 24.7 Å². The minimum Gasteiger partial charge on any atom is -0.478 e. The Morgan fingerprint density at radius 2 is 2.33 bits per heavy atom. The largest absolute Gasteiger partial charge is 0.478 e. The maximum atomic E-state index is 11.3. The standard InChI is InChI=1S/C14H15NO3/c16-14(17)12-5-1-3-10-6-7-15(13(10)12)9-11-4-2-8-18-11/h1,3,5-7,11H,2,4,8-9H2,(H,16,17). The van der Waals surface area contributed by atoms with Crippen LogP contribution in [0.25, 0.3) is 10.9 Å². The summed E-state index contributed by atoms with van der Waals surface area (Å²) in [5, 5.41) is 10.2. The summed E-state index contributed by atoms with van der Waals surface area (Å²) in [6.45, 7) is 1.55. The van der Waals surface area contributed by atoms with Gasteiger partial charge in [0.05, 0.1) is 17.2 Å². The number of nitrogens with zero attached hydrogens (tertiary/aromatic N) is 1. The molecule has 1 aliphatic rings. The molecular formula is C14H15NO3. The maximum Gasteiger partial charge on any atom is 0.337 e. The van der Waals surface area contributed by atoms with Gasteiger partial charge in [-0.1, -0.05) is 12.1 Å². The van der Waals surface area contributed by atoms with Crippen LogP contribution in [-0.2, 0) is 11.3 Å². The van der Waals surface area contributed by atoms with Crippen molar-refractivity contribution < 1.29 is 14.6 Å². The van der Waals surface area contributed by atoms with E-state index in [1.54, 1.807) is 12.1 Å². The highest BCUT2D eigenvalue weighted by atomic mass is 16.5. The van der Waals surface area contributed by atoms with Crippen molar-refractivity contribution in [1.82, 2.24) is 4.57 Å². The van der Waals surface area contributed by atoms with Crippen LogP contribution in [0.5, 0.6) is 0 Å². The van der Waals surface area contributed by atoms with E-state index in [9.17, 15) is 9.90 Å². The summed E-state index contributed by atoms with van der Waals surface area (Å²) < 4.78 is 7.60. The Bertz CT molecular complexity index is 582. The molecule has 94 valence electrons. The SMILES string of the molecule is O=C(O)c1cccc2ccn(CC3CCCO3)c12. The summed E-state index contributed by atoms with van der Waals surface area (Å²) in [7, 11) is 0. The lowest BCUT2D eigenvalue weighted by atomic mass is 10.1. The van der Waals surface area contributed by atoms with Crippen molar-refractivity contribution in [3.8, 4) is 0 Å². The molecule has 2 heterocycles. The molecular weight excluding hydrogens is 230 g/mol. The van der Waals surface area contributed by atoms with Crippen LogP contribution < -0.4 is 0 Å². The minimum atomic E-state index is -0.882. The van der Waals surface area contributed by atoms with E-state index in [0.717, 1.165) is 36.9 Å². The highest BCUT2D eigenvalue weighted by molar-refractivity contribution is 6.02. The quantitative estimate of drug-likeness (QED) is 0.904. The normalized spacial score (nSPS) is 19.4. The van der Waals surface area contributed by atoms with Gasteiger partial charge in [0.25, 0.3) is 0 Å². The summed E-state index contributed by atoms with van der Waals surface area (Å²) in [6, 6.07) is 7.32. The Labute approximate surface area is 105 Å². The lowest BCUT2D eigenvalue weighted by molar-refractivity contribution is 0.0697. The fraction of sp³-hybridized carbons (Fsp3) is 0.357. The van der Waals surface area contributed by atoms with Gasteiger partial charge >= 0.3 is 5.97 Å². The number of aromatic nitrogens is 1. The predicted octanol–water partition coefficient (Wildman–Crippen LogP) is 2.52. The van der Waals surface area contributed by atoms with Gasteiger partial charge in [-0.2, -0.15) is 0 Å². The zero-order chi connectivity index (χ0) is 12.5. The Balaban J connectivity index is 2.03. The van der Waals surface area contributed by atoms with Crippen LogP contribution in [0.15, 0.2) is 30.5 Å². The van der Waals surface area contributed by atoms with Crippen molar-refractivity contribution in [2.75, 3.05) is 6.61 Å². The first-order chi connectivity index (χ1) is 8.75. The molecule has 3 rings (SSSR count). The molecule has 1 N–H and O–H groups in total. The van der Waals surface area contributed by atoms with Gasteiger partial charge in [0.1, 0.15) is 0 Å². The zero-order valence-electron chi connectivity index (χ0n) is 10.0. The van der Waals surface area contributed by atoms with E-state index >= 15 is 0 Å². The van der Waals surface area contributed by atoms with Gasteiger partial charge in [-0.05, 0) is 25.0 Å². The molecule has 0 aliphatic carbocycles. The Hall–Kier alpha value is -1.81. The Kier molecular flexibility index (Phi) is 2.80. The highest BCUT2D eigenvalue weighted by Gasteiger charge is 2.18. The number of hydrogen-bond donors (Lipinski definition) is 1. The van der Waals surface area contributed by atoms with Crippen molar-refractivity contribution >= 4 is 16.9 Å². The minimum absolute atomic E-state index is 0.211. The fourth-order valence-corrected chi connectivity index (χ4v) is 2.59. The van der Waals surface area contributed by atoms with Gasteiger partial charge < -0.3 is 14.4 Å². The van der Waals surface area contributed by atoms with Gasteiger partial charge in [-0.15, -0.1) is 0 Å². The van der Waals surface area contributed by atoms with Crippen molar-refractivity contribution in [1.29, 1.82) is 0 Å². The number of aromatic carboxylic acids is 1. The van der Waals surface area contributed by atoms with Gasteiger partial charge in [0.15, 0.2) is 0 Å². The van der Waals surface area contributed by atoms with Crippen LogP contribution in [-0.4, -0.2) is 28.4 Å². The first-order valence-electron chi connectivity index (χ1n) is 6.18. The first kappa shape index (κ1) is 11.3.